The molecule has 2 aromatic rings. The van der Waals surface area contributed by atoms with Crippen molar-refractivity contribution < 1.29 is 19.4 Å². The number of carbonyl (C=O) groups excluding carboxylic acids is 1. The molecular formula is C28H36N2O4. The number of carbonyl (C=O) groups is 2. The van der Waals surface area contributed by atoms with E-state index in [1.807, 2.05) is 6.20 Å². The van der Waals surface area contributed by atoms with Gasteiger partial charge in [0, 0.05) is 47.1 Å². The quantitative estimate of drug-likeness (QED) is 0.589. The van der Waals surface area contributed by atoms with E-state index in [4.69, 9.17) is 4.74 Å². The van der Waals surface area contributed by atoms with E-state index in [0.717, 1.165) is 54.1 Å². The van der Waals surface area contributed by atoms with Crippen LogP contribution in [-0.4, -0.2) is 39.0 Å². The van der Waals surface area contributed by atoms with Crippen molar-refractivity contribution in [1.29, 1.82) is 0 Å². The predicted octanol–water partition coefficient (Wildman–Crippen LogP) is 5.76. The van der Waals surface area contributed by atoms with Crippen molar-refractivity contribution in [3.63, 3.8) is 0 Å². The monoisotopic (exact) mass is 464 g/mol. The number of aliphatic carboxylic acids is 1. The van der Waals surface area contributed by atoms with Crippen LogP contribution in [0.5, 0.6) is 0 Å². The molecule has 7 atom stereocenters. The number of benzene rings is 1. The van der Waals surface area contributed by atoms with Crippen molar-refractivity contribution in [3.8, 4) is 0 Å². The van der Waals surface area contributed by atoms with Gasteiger partial charge in [0.2, 0.25) is 5.91 Å². The summed E-state index contributed by atoms with van der Waals surface area (Å²) >= 11 is 0. The zero-order valence-corrected chi connectivity index (χ0v) is 20.4. The lowest BCUT2D eigenvalue weighted by Crippen LogP contribution is -2.56. The summed E-state index contributed by atoms with van der Waals surface area (Å²) < 4.78 is 5.92. The van der Waals surface area contributed by atoms with Crippen LogP contribution in [-0.2, 0) is 14.3 Å². The second-order valence-corrected chi connectivity index (χ2v) is 10.7. The Morgan fingerprint density at radius 1 is 1.21 bits per heavy atom. The number of aromatic nitrogens is 1. The summed E-state index contributed by atoms with van der Waals surface area (Å²) in [6.07, 6.45) is 10.6. The van der Waals surface area contributed by atoms with Crippen LogP contribution in [0.4, 0.5) is 0 Å². The SMILES string of the molecule is CC(CC(=O)N1C(C)CCC2C(C(=O)O)CCCC21)c1c[nH]c2cccc(C3OC=CC3C)c12. The highest BCUT2D eigenvalue weighted by Gasteiger charge is 2.45. The van der Waals surface area contributed by atoms with Crippen LogP contribution in [0.1, 0.15) is 82.4 Å². The summed E-state index contributed by atoms with van der Waals surface area (Å²) in [6.45, 7) is 6.41. The first kappa shape index (κ1) is 23.0. The van der Waals surface area contributed by atoms with Gasteiger partial charge in [-0.25, -0.2) is 0 Å². The van der Waals surface area contributed by atoms with E-state index in [9.17, 15) is 14.7 Å². The third-order valence-corrected chi connectivity index (χ3v) is 8.55. The number of carboxylic acid groups (broad SMARTS) is 1. The molecule has 3 aliphatic rings. The lowest BCUT2D eigenvalue weighted by molar-refractivity contribution is -0.154. The van der Waals surface area contributed by atoms with Gasteiger partial charge in [-0.05, 0) is 62.1 Å². The maximum Gasteiger partial charge on any atom is 0.306 e. The topological polar surface area (TPSA) is 82.6 Å². The smallest absolute Gasteiger partial charge is 0.306 e. The standard InChI is InChI=1S/C28H36N2O4/c1-16-12-13-34-27(16)21-7-4-8-23-26(21)22(15-29-23)17(2)14-25(31)30-18(3)10-11-19-20(28(32)33)6-5-9-24(19)30/h4,7-8,12-13,15-20,24,27,29H,5-6,9-11,14H2,1-3H3,(H,32,33). The molecule has 2 aliphatic heterocycles. The molecule has 2 fully saturated rings. The van der Waals surface area contributed by atoms with Crippen molar-refractivity contribution in [2.75, 3.05) is 0 Å². The van der Waals surface area contributed by atoms with Gasteiger partial charge in [-0.15, -0.1) is 0 Å². The number of nitrogens with zero attached hydrogens (tertiary/aromatic N) is 1. The van der Waals surface area contributed by atoms with Gasteiger partial charge in [0.25, 0.3) is 0 Å². The fourth-order valence-electron chi connectivity index (χ4n) is 6.80. The largest absolute Gasteiger partial charge is 0.493 e. The van der Waals surface area contributed by atoms with Gasteiger partial charge in [-0.2, -0.15) is 0 Å². The summed E-state index contributed by atoms with van der Waals surface area (Å²) in [5, 5.41) is 10.9. The minimum absolute atomic E-state index is 0.0146. The van der Waals surface area contributed by atoms with Gasteiger partial charge in [0.05, 0.1) is 12.2 Å². The minimum Gasteiger partial charge on any atom is -0.493 e. The molecule has 0 radical (unpaired) electrons. The van der Waals surface area contributed by atoms with Crippen molar-refractivity contribution in [1.82, 2.24) is 9.88 Å². The minimum atomic E-state index is -0.700. The average Bonchev–Trinajstić information content (AvgIpc) is 3.44. The summed E-state index contributed by atoms with van der Waals surface area (Å²) in [5.41, 5.74) is 3.38. The second kappa shape index (κ2) is 9.12. The number of nitrogens with one attached hydrogen (secondary N) is 1. The Morgan fingerprint density at radius 2 is 2.03 bits per heavy atom. The number of carboxylic acids is 1. The highest BCUT2D eigenvalue weighted by molar-refractivity contribution is 5.88. The molecule has 1 amide bonds. The third-order valence-electron chi connectivity index (χ3n) is 8.55. The van der Waals surface area contributed by atoms with E-state index in [1.165, 1.54) is 0 Å². The fraction of sp³-hybridized carbons (Fsp3) is 0.571. The average molecular weight is 465 g/mol. The Bertz CT molecular complexity index is 1110. The van der Waals surface area contributed by atoms with Gasteiger partial charge >= 0.3 is 5.97 Å². The first-order chi connectivity index (χ1) is 16.4. The van der Waals surface area contributed by atoms with Gasteiger partial charge in [0.15, 0.2) is 0 Å². The highest BCUT2D eigenvalue weighted by atomic mass is 16.5. The summed E-state index contributed by atoms with van der Waals surface area (Å²) in [6, 6.07) is 6.48. The Balaban J connectivity index is 1.39. The van der Waals surface area contributed by atoms with E-state index in [1.54, 1.807) is 6.26 Å². The summed E-state index contributed by atoms with van der Waals surface area (Å²) in [4.78, 5) is 31.0. The predicted molar refractivity (Wildman–Crippen MR) is 131 cm³/mol. The summed E-state index contributed by atoms with van der Waals surface area (Å²) in [5.74, 6) is -0.454. The molecule has 1 aliphatic carbocycles. The van der Waals surface area contributed by atoms with E-state index in [-0.39, 0.29) is 41.8 Å². The van der Waals surface area contributed by atoms with Crippen LogP contribution < -0.4 is 0 Å². The Labute approximate surface area is 201 Å². The van der Waals surface area contributed by atoms with E-state index >= 15 is 0 Å². The van der Waals surface area contributed by atoms with Crippen LogP contribution in [0.25, 0.3) is 10.9 Å². The molecule has 1 aromatic heterocycles. The van der Waals surface area contributed by atoms with Crippen LogP contribution in [0, 0.1) is 17.8 Å². The molecule has 1 saturated carbocycles. The lowest BCUT2D eigenvalue weighted by Gasteiger charge is -2.49. The number of piperidine rings is 1. The number of ether oxygens (including phenoxy) is 1. The molecule has 2 N–H and O–H groups in total. The molecule has 0 spiro atoms. The Kier molecular flexibility index (Phi) is 6.17. The van der Waals surface area contributed by atoms with Crippen LogP contribution in [0.2, 0.25) is 0 Å². The molecular weight excluding hydrogens is 428 g/mol. The number of aromatic amines is 1. The molecule has 0 bridgehead atoms. The molecule has 6 nitrogen and oxygen atoms in total. The number of fused-ring (bicyclic) bond motifs is 2. The molecule has 7 unspecified atom stereocenters. The van der Waals surface area contributed by atoms with E-state index in [2.05, 4.69) is 54.9 Å². The maximum atomic E-state index is 13.7. The molecule has 6 heteroatoms. The van der Waals surface area contributed by atoms with Gasteiger partial charge in [-0.3, -0.25) is 9.59 Å². The van der Waals surface area contributed by atoms with E-state index < -0.39 is 5.97 Å². The Morgan fingerprint density at radius 3 is 2.76 bits per heavy atom. The highest BCUT2D eigenvalue weighted by Crippen LogP contribution is 2.43. The molecule has 182 valence electrons. The zero-order valence-electron chi connectivity index (χ0n) is 20.4. The van der Waals surface area contributed by atoms with Crippen molar-refractivity contribution >= 4 is 22.8 Å². The van der Waals surface area contributed by atoms with Crippen LogP contribution >= 0.6 is 0 Å². The second-order valence-electron chi connectivity index (χ2n) is 10.7. The van der Waals surface area contributed by atoms with Gasteiger partial charge < -0.3 is 19.7 Å². The van der Waals surface area contributed by atoms with E-state index in [0.29, 0.717) is 12.3 Å². The lowest BCUT2D eigenvalue weighted by atomic mass is 9.70. The Hall–Kier alpha value is -2.76. The van der Waals surface area contributed by atoms with Crippen molar-refractivity contribution in [3.05, 3.63) is 47.9 Å². The molecule has 34 heavy (non-hydrogen) atoms. The van der Waals surface area contributed by atoms with Gasteiger partial charge in [-0.1, -0.05) is 32.4 Å². The number of H-pyrrole nitrogens is 1. The number of amides is 1. The normalized spacial score (nSPS) is 31.8. The first-order valence-electron chi connectivity index (χ1n) is 12.8. The zero-order chi connectivity index (χ0) is 24.0. The number of likely N-dealkylation sites (tertiary alicyclic amines) is 1. The molecule has 1 saturated heterocycles. The number of rotatable bonds is 5. The van der Waals surface area contributed by atoms with Crippen LogP contribution in [0.3, 0.4) is 0 Å². The number of hydrogen-bond donors (Lipinski definition) is 2. The van der Waals surface area contributed by atoms with Crippen LogP contribution in [0.15, 0.2) is 36.7 Å². The third kappa shape index (κ3) is 3.91. The first-order valence-corrected chi connectivity index (χ1v) is 12.8. The van der Waals surface area contributed by atoms with Gasteiger partial charge in [0.1, 0.15) is 6.10 Å². The maximum absolute atomic E-state index is 13.7. The molecule has 3 heterocycles. The van der Waals surface area contributed by atoms with Crippen molar-refractivity contribution in [2.45, 2.75) is 83.4 Å². The molecule has 5 rings (SSSR count). The number of hydrogen-bond acceptors (Lipinski definition) is 3. The molecule has 1 aromatic carbocycles. The van der Waals surface area contributed by atoms with Crippen molar-refractivity contribution in [2.24, 2.45) is 17.8 Å². The summed E-state index contributed by atoms with van der Waals surface area (Å²) in [7, 11) is 0. The fourth-order valence-corrected chi connectivity index (χ4v) is 6.80.